The predicted octanol–water partition coefficient (Wildman–Crippen LogP) is 3.87. The fraction of sp³-hybridized carbons (Fsp3) is 0.500. The van der Waals surface area contributed by atoms with Gasteiger partial charge in [-0.15, -0.1) is 0 Å². The number of nitrogens with zero attached hydrogens (tertiary/aromatic N) is 2. The van der Waals surface area contributed by atoms with Gasteiger partial charge in [-0.1, -0.05) is 27.7 Å². The minimum atomic E-state index is 0. The van der Waals surface area contributed by atoms with Crippen LogP contribution in [-0.4, -0.2) is 15.0 Å². The molecule has 0 aliphatic rings. The highest BCUT2D eigenvalue weighted by atomic mass is 14.9. The smallest absolute Gasteiger partial charge is 0.156 e. The molecule has 0 aliphatic carbocycles. The number of rotatable bonds is 0. The van der Waals surface area contributed by atoms with Gasteiger partial charge < -0.3 is 4.98 Å². The monoisotopic (exact) mass is 209 g/mol. The third-order valence-corrected chi connectivity index (χ3v) is 1.59. The van der Waals surface area contributed by atoms with Crippen LogP contribution in [0.3, 0.4) is 0 Å². The second kappa shape index (κ2) is 6.98. The fourth-order valence-corrected chi connectivity index (χ4v) is 1.11. The zero-order valence-electron chi connectivity index (χ0n) is 10.5. The van der Waals surface area contributed by atoms with E-state index >= 15 is 0 Å². The molecule has 0 fully saturated rings. The second-order valence-electron chi connectivity index (χ2n) is 2.70. The average molecular weight is 209 g/mol. The number of hydrogen-bond donors (Lipinski definition) is 1. The van der Waals surface area contributed by atoms with Crippen molar-refractivity contribution in [3.63, 3.8) is 0 Å². The van der Waals surface area contributed by atoms with Crippen molar-refractivity contribution in [3.05, 3.63) is 23.7 Å². The van der Waals surface area contributed by atoms with Crippen LogP contribution in [0.25, 0.3) is 11.2 Å². The van der Waals surface area contributed by atoms with Crippen LogP contribution in [0.5, 0.6) is 0 Å². The summed E-state index contributed by atoms with van der Waals surface area (Å²) in [5.74, 6) is 0. The van der Waals surface area contributed by atoms with Crippen LogP contribution in [0.2, 0.25) is 0 Å². The molecule has 0 atom stereocenters. The number of aromatic amines is 1. The van der Waals surface area contributed by atoms with E-state index in [1.165, 1.54) is 0 Å². The first-order chi connectivity index (χ1) is 7.25. The lowest BCUT2D eigenvalue weighted by molar-refractivity contribution is 1.16. The largest absolute Gasteiger partial charge is 0.342 e. The van der Waals surface area contributed by atoms with Gasteiger partial charge in [0.25, 0.3) is 0 Å². The molecule has 2 heterocycles. The van der Waals surface area contributed by atoms with E-state index in [2.05, 4.69) is 15.0 Å². The molecule has 3 heteroatoms. The van der Waals surface area contributed by atoms with Crippen molar-refractivity contribution in [3.8, 4) is 0 Å². The summed E-state index contributed by atoms with van der Waals surface area (Å²) in [4.78, 5) is 11.6. The van der Waals surface area contributed by atoms with E-state index < -0.39 is 0 Å². The molecule has 0 aromatic carbocycles. The molecule has 0 aliphatic heterocycles. The summed E-state index contributed by atoms with van der Waals surface area (Å²) in [7, 11) is 0. The highest BCUT2D eigenvalue weighted by Crippen LogP contribution is 2.09. The maximum atomic E-state index is 4.28. The Labute approximate surface area is 93.4 Å². The normalized spacial score (nSPS) is 8.67. The molecule has 86 valence electrons. The average Bonchev–Trinajstić information content (AvgIpc) is 2.63. The zero-order chi connectivity index (χ0) is 11.8. The van der Waals surface area contributed by atoms with Crippen molar-refractivity contribution < 1.29 is 1.43 Å². The maximum absolute atomic E-state index is 4.28. The first-order valence-corrected chi connectivity index (χ1v) is 5.55. The van der Waals surface area contributed by atoms with Gasteiger partial charge in [-0.05, 0) is 19.9 Å². The Balaban J connectivity index is 0. The second-order valence-corrected chi connectivity index (χ2v) is 2.70. The molecule has 1 N–H and O–H groups in total. The number of hydrogen-bond acceptors (Lipinski definition) is 2. The molecule has 3 nitrogen and oxygen atoms in total. The van der Waals surface area contributed by atoms with Gasteiger partial charge >= 0.3 is 0 Å². The van der Waals surface area contributed by atoms with Gasteiger partial charge in [0.2, 0.25) is 0 Å². The van der Waals surface area contributed by atoms with E-state index in [0.717, 1.165) is 22.6 Å². The highest BCUT2D eigenvalue weighted by Gasteiger charge is 1.98. The van der Waals surface area contributed by atoms with Crippen molar-refractivity contribution in [2.75, 3.05) is 0 Å². The van der Waals surface area contributed by atoms with Crippen LogP contribution < -0.4 is 0 Å². The van der Waals surface area contributed by atoms with E-state index in [1.807, 2.05) is 47.6 Å². The molecule has 0 bridgehead atoms. The number of fused-ring (bicyclic) bond motifs is 1. The van der Waals surface area contributed by atoms with Gasteiger partial charge in [-0.25, -0.2) is 4.98 Å². The number of aryl methyl sites for hydroxylation is 2. The zero-order valence-corrected chi connectivity index (χ0v) is 10.5. The molecule has 2 aromatic heterocycles. The topological polar surface area (TPSA) is 41.6 Å². The van der Waals surface area contributed by atoms with E-state index in [-0.39, 0.29) is 1.43 Å². The summed E-state index contributed by atoms with van der Waals surface area (Å²) in [5.41, 5.74) is 3.86. The van der Waals surface area contributed by atoms with Crippen molar-refractivity contribution in [1.29, 1.82) is 0 Å². The summed E-state index contributed by atoms with van der Waals surface area (Å²) >= 11 is 0. The quantitative estimate of drug-likeness (QED) is 0.715. The van der Waals surface area contributed by atoms with E-state index in [9.17, 15) is 0 Å². The fourth-order valence-electron chi connectivity index (χ4n) is 1.11. The van der Waals surface area contributed by atoms with Gasteiger partial charge in [-0.3, -0.25) is 4.98 Å². The lowest BCUT2D eigenvalue weighted by atomic mass is 10.4. The van der Waals surface area contributed by atoms with Crippen molar-refractivity contribution in [1.82, 2.24) is 15.0 Å². The minimum absolute atomic E-state index is 0. The van der Waals surface area contributed by atoms with Crippen LogP contribution in [0.4, 0.5) is 0 Å². The molecule has 0 amide bonds. The van der Waals surface area contributed by atoms with Crippen molar-refractivity contribution in [2.45, 2.75) is 41.5 Å². The molecular formula is C12H23N3. The number of H-pyrrole nitrogens is 1. The first kappa shape index (κ1) is 13.6. The Morgan fingerprint density at radius 2 is 1.73 bits per heavy atom. The summed E-state index contributed by atoms with van der Waals surface area (Å²) in [6.45, 7) is 11.9. The molecule has 0 saturated carbocycles. The highest BCUT2D eigenvalue weighted by molar-refractivity contribution is 5.71. The van der Waals surface area contributed by atoms with Crippen molar-refractivity contribution >= 4 is 11.2 Å². The number of aromatic nitrogens is 3. The first-order valence-electron chi connectivity index (χ1n) is 5.55. The Kier molecular flexibility index (Phi) is 6.34. The Morgan fingerprint density at radius 1 is 1.13 bits per heavy atom. The SMILES string of the molecule is CC.CC.Cc1cnc2cc(C)[nH]c2n1.[HH]. The molecule has 0 unspecified atom stereocenters. The molecule has 2 aromatic rings. The lowest BCUT2D eigenvalue weighted by Crippen LogP contribution is -1.83. The molecule has 0 saturated heterocycles. The molecular weight excluding hydrogens is 186 g/mol. The third kappa shape index (κ3) is 3.70. The summed E-state index contributed by atoms with van der Waals surface area (Å²) in [5, 5.41) is 0. The Morgan fingerprint density at radius 3 is 2.33 bits per heavy atom. The summed E-state index contributed by atoms with van der Waals surface area (Å²) in [6.07, 6.45) is 1.77. The van der Waals surface area contributed by atoms with E-state index in [0.29, 0.717) is 0 Å². The van der Waals surface area contributed by atoms with Crippen molar-refractivity contribution in [2.24, 2.45) is 0 Å². The van der Waals surface area contributed by atoms with Gasteiger partial charge in [0, 0.05) is 13.3 Å². The van der Waals surface area contributed by atoms with Gasteiger partial charge in [-0.2, -0.15) is 0 Å². The summed E-state index contributed by atoms with van der Waals surface area (Å²) in [6, 6.07) is 1.99. The van der Waals surface area contributed by atoms with E-state index in [4.69, 9.17) is 0 Å². The molecule has 2 rings (SSSR count). The Hall–Kier alpha value is -1.38. The number of nitrogens with one attached hydrogen (secondary N) is 1. The third-order valence-electron chi connectivity index (χ3n) is 1.59. The lowest BCUT2D eigenvalue weighted by Gasteiger charge is -1.89. The van der Waals surface area contributed by atoms with Crippen LogP contribution in [0, 0.1) is 13.8 Å². The van der Waals surface area contributed by atoms with Crippen LogP contribution >= 0.6 is 0 Å². The van der Waals surface area contributed by atoms with Crippen LogP contribution in [-0.2, 0) is 0 Å². The maximum Gasteiger partial charge on any atom is 0.156 e. The van der Waals surface area contributed by atoms with Crippen LogP contribution in [0.15, 0.2) is 12.3 Å². The summed E-state index contributed by atoms with van der Waals surface area (Å²) < 4.78 is 0. The Bertz CT molecular complexity index is 396. The van der Waals surface area contributed by atoms with E-state index in [1.54, 1.807) is 6.20 Å². The van der Waals surface area contributed by atoms with Crippen LogP contribution in [0.1, 0.15) is 40.5 Å². The standard InChI is InChI=1S/C8H9N3.2C2H6.H2/c1-5-3-7-8(10-5)11-6(2)4-9-7;2*1-2;/h3-4H,1-2H3,(H,10,11);2*1-2H3;1H. The van der Waals surface area contributed by atoms with Gasteiger partial charge in [0.1, 0.15) is 5.52 Å². The molecule has 0 spiro atoms. The van der Waals surface area contributed by atoms with Gasteiger partial charge in [0.15, 0.2) is 5.65 Å². The van der Waals surface area contributed by atoms with Gasteiger partial charge in [0.05, 0.1) is 5.69 Å². The molecule has 15 heavy (non-hydrogen) atoms. The molecule has 0 radical (unpaired) electrons. The predicted molar refractivity (Wildman–Crippen MR) is 68.2 cm³/mol. The minimum Gasteiger partial charge on any atom is -0.342 e.